The zero-order valence-electron chi connectivity index (χ0n) is 13.0. The van der Waals surface area contributed by atoms with E-state index in [9.17, 15) is 19.1 Å². The minimum absolute atomic E-state index is 0.0585. The number of rotatable bonds is 4. The molecule has 0 saturated carbocycles. The van der Waals surface area contributed by atoms with Gasteiger partial charge in [-0.25, -0.2) is 14.2 Å². The molecule has 2 aromatic heterocycles. The van der Waals surface area contributed by atoms with Gasteiger partial charge in [-0.3, -0.25) is 9.36 Å². The predicted molar refractivity (Wildman–Crippen MR) is 88.4 cm³/mol. The molecule has 8 nitrogen and oxygen atoms in total. The van der Waals surface area contributed by atoms with Crippen LogP contribution in [0.3, 0.4) is 0 Å². The summed E-state index contributed by atoms with van der Waals surface area (Å²) in [6, 6.07) is 4.77. The number of carboxylic acid groups (broad SMARTS) is 1. The number of hydrogen-bond acceptors (Lipinski definition) is 5. The van der Waals surface area contributed by atoms with Crippen molar-refractivity contribution in [3.63, 3.8) is 0 Å². The van der Waals surface area contributed by atoms with E-state index in [1.807, 2.05) is 0 Å². The van der Waals surface area contributed by atoms with E-state index in [-0.39, 0.29) is 16.9 Å². The molecule has 0 bridgehead atoms. The number of amides is 1. The van der Waals surface area contributed by atoms with Crippen LogP contribution in [0.15, 0.2) is 43.0 Å². The minimum Gasteiger partial charge on any atom is -0.478 e. The maximum atomic E-state index is 13.7. The molecule has 2 N–H and O–H groups in total. The molecule has 0 unspecified atom stereocenters. The first-order valence-electron chi connectivity index (χ1n) is 7.16. The molecule has 0 radical (unpaired) electrons. The van der Waals surface area contributed by atoms with Crippen molar-refractivity contribution in [2.24, 2.45) is 0 Å². The number of nitrogens with one attached hydrogen (secondary N) is 1. The molecular formula is C17H10FN5O3. The van der Waals surface area contributed by atoms with E-state index in [0.717, 1.165) is 12.1 Å². The van der Waals surface area contributed by atoms with E-state index in [2.05, 4.69) is 26.4 Å². The van der Waals surface area contributed by atoms with Crippen molar-refractivity contribution in [2.45, 2.75) is 0 Å². The van der Waals surface area contributed by atoms with Gasteiger partial charge in [-0.05, 0) is 24.3 Å². The second-order valence-electron chi connectivity index (χ2n) is 5.03. The molecule has 0 saturated heterocycles. The van der Waals surface area contributed by atoms with E-state index < -0.39 is 23.3 Å². The number of nitrogens with zero attached hydrogens (tertiary/aromatic N) is 4. The summed E-state index contributed by atoms with van der Waals surface area (Å²) in [5.74, 6) is -0.469. The smallest absolute Gasteiger partial charge is 0.337 e. The number of terminal acetylenes is 1. The van der Waals surface area contributed by atoms with Gasteiger partial charge in [0, 0.05) is 12.4 Å². The molecule has 0 aliphatic carbocycles. The molecule has 128 valence electrons. The number of anilines is 1. The topological polar surface area (TPSA) is 110 Å². The van der Waals surface area contributed by atoms with Crippen LogP contribution in [0.25, 0.3) is 5.82 Å². The second kappa shape index (κ2) is 6.82. The molecule has 1 aromatic carbocycles. The minimum atomic E-state index is -1.41. The SMILES string of the molecule is C#Cc1cc(NC(=O)c2ccc(-n3ccnc3)nn2)c(C(=O)O)cc1F. The molecule has 1 amide bonds. The second-order valence-corrected chi connectivity index (χ2v) is 5.03. The quantitative estimate of drug-likeness (QED) is 0.693. The lowest BCUT2D eigenvalue weighted by Crippen LogP contribution is -2.17. The molecule has 0 fully saturated rings. The fourth-order valence-electron chi connectivity index (χ4n) is 2.13. The summed E-state index contributed by atoms with van der Waals surface area (Å²) in [6.07, 6.45) is 9.91. The summed E-state index contributed by atoms with van der Waals surface area (Å²) >= 11 is 0. The van der Waals surface area contributed by atoms with Gasteiger partial charge in [0.05, 0.1) is 16.8 Å². The maximum absolute atomic E-state index is 13.7. The van der Waals surface area contributed by atoms with Crippen LogP contribution in [0.2, 0.25) is 0 Å². The van der Waals surface area contributed by atoms with Gasteiger partial charge >= 0.3 is 5.97 Å². The van der Waals surface area contributed by atoms with E-state index in [1.165, 1.54) is 12.4 Å². The van der Waals surface area contributed by atoms with Gasteiger partial charge < -0.3 is 10.4 Å². The van der Waals surface area contributed by atoms with Crippen molar-refractivity contribution >= 4 is 17.6 Å². The van der Waals surface area contributed by atoms with Crippen LogP contribution in [0, 0.1) is 18.2 Å². The number of aromatic nitrogens is 4. The highest BCUT2D eigenvalue weighted by molar-refractivity contribution is 6.06. The van der Waals surface area contributed by atoms with Crippen molar-refractivity contribution in [1.82, 2.24) is 19.7 Å². The van der Waals surface area contributed by atoms with Crippen molar-refractivity contribution < 1.29 is 19.1 Å². The Morgan fingerprint density at radius 3 is 2.65 bits per heavy atom. The van der Waals surface area contributed by atoms with Gasteiger partial charge in [0.15, 0.2) is 11.5 Å². The number of benzene rings is 1. The Morgan fingerprint density at radius 2 is 2.08 bits per heavy atom. The molecule has 0 aliphatic rings. The van der Waals surface area contributed by atoms with Crippen molar-refractivity contribution in [1.29, 1.82) is 0 Å². The van der Waals surface area contributed by atoms with Crippen molar-refractivity contribution in [2.75, 3.05) is 5.32 Å². The van der Waals surface area contributed by atoms with Crippen LogP contribution in [-0.2, 0) is 0 Å². The summed E-state index contributed by atoms with van der Waals surface area (Å²) in [7, 11) is 0. The Balaban J connectivity index is 1.88. The lowest BCUT2D eigenvalue weighted by Gasteiger charge is -2.09. The first kappa shape index (κ1) is 16.8. The molecule has 9 heteroatoms. The van der Waals surface area contributed by atoms with Gasteiger partial charge in [-0.1, -0.05) is 5.92 Å². The number of halogens is 1. The van der Waals surface area contributed by atoms with Crippen LogP contribution in [-0.4, -0.2) is 36.7 Å². The van der Waals surface area contributed by atoms with Crippen LogP contribution < -0.4 is 5.32 Å². The highest BCUT2D eigenvalue weighted by Crippen LogP contribution is 2.21. The summed E-state index contributed by atoms with van der Waals surface area (Å²) in [5, 5.41) is 19.2. The lowest BCUT2D eigenvalue weighted by atomic mass is 10.1. The zero-order valence-corrected chi connectivity index (χ0v) is 13.0. The van der Waals surface area contributed by atoms with Crippen molar-refractivity contribution in [3.8, 4) is 18.2 Å². The third-order valence-electron chi connectivity index (χ3n) is 3.39. The number of carbonyl (C=O) groups excluding carboxylic acids is 1. The number of aromatic carboxylic acids is 1. The molecule has 0 aliphatic heterocycles. The van der Waals surface area contributed by atoms with E-state index >= 15 is 0 Å². The Hall–Kier alpha value is -4.06. The lowest BCUT2D eigenvalue weighted by molar-refractivity contribution is 0.0697. The van der Waals surface area contributed by atoms with E-state index in [1.54, 1.807) is 23.0 Å². The Morgan fingerprint density at radius 1 is 1.27 bits per heavy atom. The van der Waals surface area contributed by atoms with Gasteiger partial charge in [0.25, 0.3) is 5.91 Å². The van der Waals surface area contributed by atoms with Gasteiger partial charge in [0.2, 0.25) is 0 Å². The summed E-state index contributed by atoms with van der Waals surface area (Å²) in [4.78, 5) is 27.4. The van der Waals surface area contributed by atoms with Crippen molar-refractivity contribution in [3.05, 3.63) is 65.6 Å². The maximum Gasteiger partial charge on any atom is 0.337 e. The normalized spacial score (nSPS) is 10.2. The van der Waals surface area contributed by atoms with Crippen LogP contribution in [0.4, 0.5) is 10.1 Å². The molecule has 0 spiro atoms. The number of carbonyl (C=O) groups is 2. The Kier molecular flexibility index (Phi) is 4.40. The molecule has 26 heavy (non-hydrogen) atoms. The summed E-state index contributed by atoms with van der Waals surface area (Å²) < 4.78 is 15.3. The monoisotopic (exact) mass is 351 g/mol. The van der Waals surface area contributed by atoms with Crippen LogP contribution in [0.1, 0.15) is 26.4 Å². The fourth-order valence-corrected chi connectivity index (χ4v) is 2.13. The van der Waals surface area contributed by atoms with Gasteiger partial charge in [-0.15, -0.1) is 16.6 Å². The first-order valence-corrected chi connectivity index (χ1v) is 7.16. The average molecular weight is 351 g/mol. The molecule has 0 atom stereocenters. The molecule has 3 aromatic rings. The van der Waals surface area contributed by atoms with Crippen LogP contribution >= 0.6 is 0 Å². The number of carboxylic acids is 1. The largest absolute Gasteiger partial charge is 0.478 e. The molecule has 3 rings (SSSR count). The third-order valence-corrected chi connectivity index (χ3v) is 3.39. The first-order chi connectivity index (χ1) is 12.5. The summed E-state index contributed by atoms with van der Waals surface area (Å²) in [6.45, 7) is 0. The van der Waals surface area contributed by atoms with Gasteiger partial charge in [0.1, 0.15) is 12.1 Å². The third kappa shape index (κ3) is 3.25. The Bertz CT molecular complexity index is 1020. The molecule has 2 heterocycles. The fraction of sp³-hybridized carbons (Fsp3) is 0. The highest BCUT2D eigenvalue weighted by atomic mass is 19.1. The average Bonchev–Trinajstić information content (AvgIpc) is 3.17. The highest BCUT2D eigenvalue weighted by Gasteiger charge is 2.18. The predicted octanol–water partition coefficient (Wildman–Crippen LogP) is 1.73. The van der Waals surface area contributed by atoms with E-state index in [4.69, 9.17) is 6.42 Å². The number of hydrogen-bond donors (Lipinski definition) is 2. The summed E-state index contributed by atoms with van der Waals surface area (Å²) in [5.41, 5.74) is -0.807. The van der Waals surface area contributed by atoms with Gasteiger partial charge in [-0.2, -0.15) is 0 Å². The molecular weight excluding hydrogens is 341 g/mol. The standard InChI is InChI=1S/C17H10FN5O3/c1-2-10-7-14(11(17(25)26)8-12(10)18)20-16(24)13-3-4-15(22-21-13)23-6-5-19-9-23/h1,3-9H,(H,20,24)(H,25,26). The van der Waals surface area contributed by atoms with Crippen LogP contribution in [0.5, 0.6) is 0 Å². The van der Waals surface area contributed by atoms with E-state index in [0.29, 0.717) is 5.82 Å². The zero-order chi connectivity index (χ0) is 18.7. The Labute approximate surface area is 146 Å². The number of imidazole rings is 1.